The monoisotopic (exact) mass is 557 g/mol. The first kappa shape index (κ1) is 25.1. The van der Waals surface area contributed by atoms with E-state index in [-0.39, 0.29) is 47.2 Å². The van der Waals surface area contributed by atoms with Gasteiger partial charge in [0.05, 0.1) is 18.1 Å². The van der Waals surface area contributed by atoms with Gasteiger partial charge in [-0.1, -0.05) is 6.07 Å². The van der Waals surface area contributed by atoms with E-state index < -0.39 is 21.5 Å². The highest BCUT2D eigenvalue weighted by molar-refractivity contribution is 14.0. The average Bonchev–Trinajstić information content (AvgIpc) is 3.11. The van der Waals surface area contributed by atoms with Crippen molar-refractivity contribution in [2.75, 3.05) is 62.2 Å². The van der Waals surface area contributed by atoms with Gasteiger partial charge < -0.3 is 15.5 Å². The van der Waals surface area contributed by atoms with Crippen molar-refractivity contribution >= 4 is 45.5 Å². The number of para-hydroxylation sites is 1. The predicted molar refractivity (Wildman–Crippen MR) is 127 cm³/mol. The number of guanidine groups is 1. The lowest BCUT2D eigenvalue weighted by Gasteiger charge is -2.26. The molecule has 0 bridgehead atoms. The molecule has 0 aromatic heterocycles. The summed E-state index contributed by atoms with van der Waals surface area (Å²) in [6.45, 7) is 6.08. The van der Waals surface area contributed by atoms with Crippen molar-refractivity contribution in [1.82, 2.24) is 15.5 Å². The summed E-state index contributed by atoms with van der Waals surface area (Å²) in [6, 6.07) is 3.95. The summed E-state index contributed by atoms with van der Waals surface area (Å²) in [4.78, 5) is 8.40. The number of nitrogens with one attached hydrogen (secondary N) is 2. The summed E-state index contributed by atoms with van der Waals surface area (Å²) in [6.07, 6.45) is 0.752. The van der Waals surface area contributed by atoms with Gasteiger partial charge in [-0.2, -0.15) is 0 Å². The first-order chi connectivity index (χ1) is 13.9. The van der Waals surface area contributed by atoms with E-state index in [1.54, 1.807) is 4.90 Å². The van der Waals surface area contributed by atoms with E-state index in [0.29, 0.717) is 51.8 Å². The molecule has 1 aromatic carbocycles. The Morgan fingerprint density at radius 1 is 1.20 bits per heavy atom. The number of nitrogens with zero attached hydrogens (tertiary/aromatic N) is 3. The Bertz CT molecular complexity index is 806. The third kappa shape index (κ3) is 6.91. The molecule has 1 unspecified atom stereocenters. The van der Waals surface area contributed by atoms with Gasteiger partial charge in [0.1, 0.15) is 17.3 Å². The van der Waals surface area contributed by atoms with Gasteiger partial charge in [-0.15, -0.1) is 24.0 Å². The lowest BCUT2D eigenvalue weighted by Crippen LogP contribution is -2.45. The molecule has 170 valence electrons. The SMILES string of the molecule is CCNC(=NCCN1CCS(=O)(=O)CC1)NC1CCN(c2c(F)cccc2F)C1.I. The second-order valence-electron chi connectivity index (χ2n) is 7.40. The number of anilines is 1. The summed E-state index contributed by atoms with van der Waals surface area (Å²) >= 11 is 0. The fourth-order valence-corrected chi connectivity index (χ4v) is 4.94. The fraction of sp³-hybridized carbons (Fsp3) is 0.632. The van der Waals surface area contributed by atoms with Gasteiger partial charge in [0.2, 0.25) is 0 Å². The van der Waals surface area contributed by atoms with E-state index in [1.165, 1.54) is 18.2 Å². The second-order valence-corrected chi connectivity index (χ2v) is 9.70. The molecule has 2 fully saturated rings. The summed E-state index contributed by atoms with van der Waals surface area (Å²) in [5, 5.41) is 6.54. The van der Waals surface area contributed by atoms with Crippen LogP contribution in [0.5, 0.6) is 0 Å². The Balaban J connectivity index is 0.00000320. The van der Waals surface area contributed by atoms with E-state index >= 15 is 0 Å². The number of benzene rings is 1. The Morgan fingerprint density at radius 2 is 1.87 bits per heavy atom. The Kier molecular flexibility index (Phi) is 9.54. The van der Waals surface area contributed by atoms with Gasteiger partial charge in [-0.05, 0) is 25.5 Å². The van der Waals surface area contributed by atoms with Crippen LogP contribution in [0.15, 0.2) is 23.2 Å². The van der Waals surface area contributed by atoms with Crippen LogP contribution in [0.2, 0.25) is 0 Å². The molecule has 7 nitrogen and oxygen atoms in total. The van der Waals surface area contributed by atoms with Crippen molar-refractivity contribution in [2.45, 2.75) is 19.4 Å². The topological polar surface area (TPSA) is 77.0 Å². The van der Waals surface area contributed by atoms with Crippen LogP contribution in [0.1, 0.15) is 13.3 Å². The molecule has 0 radical (unpaired) electrons. The standard InChI is InChI=1S/C19H29F2N5O2S.HI/c1-2-22-19(23-7-9-25-10-12-29(27,28)13-11-25)24-15-6-8-26(14-15)18-16(20)4-3-5-17(18)21;/h3-5,15H,2,6-14H2,1H3,(H2,22,23,24);1H. The van der Waals surface area contributed by atoms with Crippen molar-refractivity contribution < 1.29 is 17.2 Å². The zero-order valence-electron chi connectivity index (χ0n) is 17.1. The molecule has 2 N–H and O–H groups in total. The third-order valence-corrected chi connectivity index (χ3v) is 6.86. The molecule has 3 rings (SSSR count). The van der Waals surface area contributed by atoms with E-state index in [2.05, 4.69) is 20.5 Å². The summed E-state index contributed by atoms with van der Waals surface area (Å²) in [7, 11) is -2.88. The molecule has 2 aliphatic heterocycles. The van der Waals surface area contributed by atoms with Gasteiger partial charge in [-0.3, -0.25) is 9.89 Å². The van der Waals surface area contributed by atoms with Gasteiger partial charge in [0, 0.05) is 45.3 Å². The van der Waals surface area contributed by atoms with E-state index in [0.717, 1.165) is 6.42 Å². The molecule has 1 atom stereocenters. The van der Waals surface area contributed by atoms with Crippen LogP contribution in [0.3, 0.4) is 0 Å². The molecule has 2 heterocycles. The van der Waals surface area contributed by atoms with E-state index in [1.807, 2.05) is 6.92 Å². The minimum atomic E-state index is -2.88. The quantitative estimate of drug-likeness (QED) is 0.314. The molecule has 0 spiro atoms. The number of sulfone groups is 1. The maximum Gasteiger partial charge on any atom is 0.191 e. The average molecular weight is 557 g/mol. The highest BCUT2D eigenvalue weighted by Gasteiger charge is 2.27. The van der Waals surface area contributed by atoms with Crippen LogP contribution in [0.4, 0.5) is 14.5 Å². The van der Waals surface area contributed by atoms with Crippen LogP contribution in [-0.2, 0) is 9.84 Å². The molecule has 2 aliphatic rings. The Hall–Kier alpha value is -1.21. The van der Waals surface area contributed by atoms with Gasteiger partial charge in [0.15, 0.2) is 15.8 Å². The molecule has 0 amide bonds. The molecular formula is C19H30F2IN5O2S. The zero-order valence-corrected chi connectivity index (χ0v) is 20.3. The first-order valence-electron chi connectivity index (χ1n) is 10.0. The Labute approximate surface area is 194 Å². The lowest BCUT2D eigenvalue weighted by molar-refractivity contribution is 0.304. The predicted octanol–water partition coefficient (Wildman–Crippen LogP) is 1.45. The van der Waals surface area contributed by atoms with Crippen LogP contribution in [0.25, 0.3) is 0 Å². The van der Waals surface area contributed by atoms with Gasteiger partial charge in [-0.25, -0.2) is 17.2 Å². The van der Waals surface area contributed by atoms with Gasteiger partial charge in [0.25, 0.3) is 0 Å². The lowest BCUT2D eigenvalue weighted by atomic mass is 10.2. The smallest absolute Gasteiger partial charge is 0.191 e. The normalized spacial score (nSPS) is 21.9. The maximum absolute atomic E-state index is 14.0. The molecule has 30 heavy (non-hydrogen) atoms. The summed E-state index contributed by atoms with van der Waals surface area (Å²) in [5.74, 6) is -0.0125. The van der Waals surface area contributed by atoms with Crippen LogP contribution in [0, 0.1) is 11.6 Å². The number of aliphatic imine (C=N–C) groups is 1. The van der Waals surface area contributed by atoms with Crippen LogP contribution < -0.4 is 15.5 Å². The molecular weight excluding hydrogens is 527 g/mol. The van der Waals surface area contributed by atoms with Crippen LogP contribution in [-0.4, -0.2) is 82.6 Å². The van der Waals surface area contributed by atoms with Crippen molar-refractivity contribution in [2.24, 2.45) is 4.99 Å². The molecule has 0 saturated carbocycles. The maximum atomic E-state index is 14.0. The van der Waals surface area contributed by atoms with Crippen molar-refractivity contribution in [3.63, 3.8) is 0 Å². The van der Waals surface area contributed by atoms with Crippen LogP contribution >= 0.6 is 24.0 Å². The fourth-order valence-electron chi connectivity index (χ4n) is 3.66. The highest BCUT2D eigenvalue weighted by Crippen LogP contribution is 2.26. The third-order valence-electron chi connectivity index (χ3n) is 5.25. The zero-order chi connectivity index (χ0) is 20.9. The van der Waals surface area contributed by atoms with E-state index in [4.69, 9.17) is 0 Å². The molecule has 0 aliphatic carbocycles. The minimum absolute atomic E-state index is 0. The molecule has 2 saturated heterocycles. The van der Waals surface area contributed by atoms with Crippen molar-refractivity contribution in [3.05, 3.63) is 29.8 Å². The number of rotatable bonds is 6. The summed E-state index contributed by atoms with van der Waals surface area (Å²) < 4.78 is 51.1. The number of hydrogen-bond acceptors (Lipinski definition) is 5. The van der Waals surface area contributed by atoms with Crippen molar-refractivity contribution in [1.29, 1.82) is 0 Å². The number of halogens is 3. The second kappa shape index (κ2) is 11.4. The molecule has 1 aromatic rings. The van der Waals surface area contributed by atoms with Gasteiger partial charge >= 0.3 is 0 Å². The Morgan fingerprint density at radius 3 is 2.50 bits per heavy atom. The highest BCUT2D eigenvalue weighted by atomic mass is 127. The van der Waals surface area contributed by atoms with Crippen molar-refractivity contribution in [3.8, 4) is 0 Å². The number of hydrogen-bond donors (Lipinski definition) is 2. The minimum Gasteiger partial charge on any atom is -0.365 e. The molecule has 11 heteroatoms. The summed E-state index contributed by atoms with van der Waals surface area (Å²) in [5.41, 5.74) is 0.0267. The largest absolute Gasteiger partial charge is 0.365 e. The van der Waals surface area contributed by atoms with E-state index in [9.17, 15) is 17.2 Å². The first-order valence-corrected chi connectivity index (χ1v) is 11.9.